The molecular weight excluding hydrogens is 466 g/mol. The van der Waals surface area contributed by atoms with E-state index in [9.17, 15) is 14.9 Å². The van der Waals surface area contributed by atoms with Gasteiger partial charge in [-0.1, -0.05) is 28.1 Å². The molecule has 3 aromatic rings. The van der Waals surface area contributed by atoms with Crippen molar-refractivity contribution in [2.24, 2.45) is 5.10 Å². The number of hydrogen-bond donors (Lipinski definition) is 1. The number of nitro groups is 1. The predicted octanol–water partition coefficient (Wildman–Crippen LogP) is 4.71. The molecule has 0 aromatic heterocycles. The molecule has 0 saturated carbocycles. The summed E-state index contributed by atoms with van der Waals surface area (Å²) in [6, 6.07) is 18.3. The molecule has 158 valence electrons. The van der Waals surface area contributed by atoms with Crippen LogP contribution in [0.3, 0.4) is 0 Å². The number of hydrogen-bond acceptors (Lipinski definition) is 6. The van der Waals surface area contributed by atoms with Crippen molar-refractivity contribution in [1.29, 1.82) is 0 Å². The van der Waals surface area contributed by atoms with Gasteiger partial charge in [0.25, 0.3) is 11.6 Å². The fourth-order valence-electron chi connectivity index (χ4n) is 2.59. The van der Waals surface area contributed by atoms with Gasteiger partial charge >= 0.3 is 0 Å². The molecule has 0 atom stereocenters. The van der Waals surface area contributed by atoms with Gasteiger partial charge in [0, 0.05) is 22.2 Å². The summed E-state index contributed by atoms with van der Waals surface area (Å²) in [6.45, 7) is 0.391. The largest absolute Gasteiger partial charge is 0.493 e. The summed E-state index contributed by atoms with van der Waals surface area (Å²) in [5.41, 5.74) is 4.27. The van der Waals surface area contributed by atoms with Crippen molar-refractivity contribution >= 4 is 33.7 Å². The molecule has 0 aliphatic rings. The first-order valence-corrected chi connectivity index (χ1v) is 9.88. The Balaban J connectivity index is 1.60. The SMILES string of the molecule is COc1cc(/C=N/NC(=O)c2ccc([N+](=O)[O-])cc2)ccc1OCc1ccc(Br)cc1. The van der Waals surface area contributed by atoms with Crippen LogP contribution in [-0.2, 0) is 6.61 Å². The number of methoxy groups -OCH3 is 1. The number of rotatable bonds is 8. The first-order valence-electron chi connectivity index (χ1n) is 9.09. The monoisotopic (exact) mass is 483 g/mol. The van der Waals surface area contributed by atoms with E-state index in [2.05, 4.69) is 26.5 Å². The fraction of sp³-hybridized carbons (Fsp3) is 0.0909. The van der Waals surface area contributed by atoms with Crippen LogP contribution in [0.5, 0.6) is 11.5 Å². The molecule has 9 heteroatoms. The summed E-state index contributed by atoms with van der Waals surface area (Å²) in [5.74, 6) is 0.632. The number of ether oxygens (including phenoxy) is 2. The van der Waals surface area contributed by atoms with Gasteiger partial charge in [0.15, 0.2) is 11.5 Å². The van der Waals surface area contributed by atoms with E-state index in [0.717, 1.165) is 10.0 Å². The predicted molar refractivity (Wildman–Crippen MR) is 120 cm³/mol. The van der Waals surface area contributed by atoms with Crippen molar-refractivity contribution in [3.63, 3.8) is 0 Å². The molecule has 0 bridgehead atoms. The lowest BCUT2D eigenvalue weighted by Crippen LogP contribution is -2.17. The molecule has 31 heavy (non-hydrogen) atoms. The first kappa shape index (κ1) is 22.0. The number of halogens is 1. The maximum atomic E-state index is 12.1. The molecule has 8 nitrogen and oxygen atoms in total. The average molecular weight is 484 g/mol. The van der Waals surface area contributed by atoms with Crippen molar-refractivity contribution < 1.29 is 19.2 Å². The molecule has 3 aromatic carbocycles. The summed E-state index contributed by atoms with van der Waals surface area (Å²) in [6.07, 6.45) is 1.46. The number of nitro benzene ring substituents is 1. The van der Waals surface area contributed by atoms with Crippen LogP contribution in [0.1, 0.15) is 21.5 Å². The van der Waals surface area contributed by atoms with Gasteiger partial charge < -0.3 is 9.47 Å². The van der Waals surface area contributed by atoms with Crippen LogP contribution in [0.15, 0.2) is 76.3 Å². The number of nitrogens with one attached hydrogen (secondary N) is 1. The summed E-state index contributed by atoms with van der Waals surface area (Å²) < 4.78 is 12.2. The zero-order valence-corrected chi connectivity index (χ0v) is 18.0. The number of carbonyl (C=O) groups excluding carboxylic acids is 1. The van der Waals surface area contributed by atoms with Crippen molar-refractivity contribution in [1.82, 2.24) is 5.43 Å². The second-order valence-electron chi connectivity index (χ2n) is 6.33. The molecule has 0 aliphatic heterocycles. The molecule has 1 N–H and O–H groups in total. The Morgan fingerprint density at radius 2 is 1.81 bits per heavy atom. The minimum Gasteiger partial charge on any atom is -0.493 e. The summed E-state index contributed by atoms with van der Waals surface area (Å²) >= 11 is 3.40. The second kappa shape index (κ2) is 10.4. The van der Waals surface area contributed by atoms with Crippen LogP contribution in [0.4, 0.5) is 5.69 Å². The number of amides is 1. The molecule has 0 fully saturated rings. The molecule has 0 heterocycles. The van der Waals surface area contributed by atoms with Gasteiger partial charge in [-0.05, 0) is 53.6 Å². The molecule has 0 radical (unpaired) electrons. The molecule has 0 saturated heterocycles. The quantitative estimate of drug-likeness (QED) is 0.284. The van der Waals surface area contributed by atoms with Gasteiger partial charge in [-0.15, -0.1) is 0 Å². The zero-order chi connectivity index (χ0) is 22.2. The highest BCUT2D eigenvalue weighted by Gasteiger charge is 2.09. The smallest absolute Gasteiger partial charge is 0.271 e. The van der Waals surface area contributed by atoms with Crippen LogP contribution >= 0.6 is 15.9 Å². The Morgan fingerprint density at radius 1 is 1.10 bits per heavy atom. The van der Waals surface area contributed by atoms with E-state index in [1.54, 1.807) is 25.3 Å². The zero-order valence-electron chi connectivity index (χ0n) is 16.4. The van der Waals surface area contributed by atoms with E-state index in [1.165, 1.54) is 30.5 Å². The third kappa shape index (κ3) is 6.13. The van der Waals surface area contributed by atoms with Crippen LogP contribution in [0.2, 0.25) is 0 Å². The highest BCUT2D eigenvalue weighted by Crippen LogP contribution is 2.28. The Hall–Kier alpha value is -3.72. The average Bonchev–Trinajstić information content (AvgIpc) is 2.79. The Morgan fingerprint density at radius 3 is 2.45 bits per heavy atom. The third-order valence-electron chi connectivity index (χ3n) is 4.22. The lowest BCUT2D eigenvalue weighted by atomic mass is 10.2. The highest BCUT2D eigenvalue weighted by molar-refractivity contribution is 9.10. The number of carbonyl (C=O) groups is 1. The van der Waals surface area contributed by atoms with E-state index in [1.807, 2.05) is 24.3 Å². The molecule has 3 rings (SSSR count). The molecular formula is C22H18BrN3O5. The maximum absolute atomic E-state index is 12.1. The summed E-state index contributed by atoms with van der Waals surface area (Å²) in [4.78, 5) is 22.2. The van der Waals surface area contributed by atoms with E-state index in [-0.39, 0.29) is 11.3 Å². The van der Waals surface area contributed by atoms with Crippen LogP contribution in [0, 0.1) is 10.1 Å². The highest BCUT2D eigenvalue weighted by atomic mass is 79.9. The lowest BCUT2D eigenvalue weighted by molar-refractivity contribution is -0.384. The topological polar surface area (TPSA) is 103 Å². The Labute approximate surface area is 186 Å². The van der Waals surface area contributed by atoms with Crippen LogP contribution in [-0.4, -0.2) is 24.2 Å². The van der Waals surface area contributed by atoms with E-state index < -0.39 is 10.8 Å². The van der Waals surface area contributed by atoms with E-state index >= 15 is 0 Å². The lowest BCUT2D eigenvalue weighted by Gasteiger charge is -2.11. The molecule has 1 amide bonds. The minimum atomic E-state index is -0.528. The molecule has 0 aliphatic carbocycles. The Bertz CT molecular complexity index is 1100. The van der Waals surface area contributed by atoms with Crippen molar-refractivity contribution in [3.05, 3.63) is 98.0 Å². The summed E-state index contributed by atoms with van der Waals surface area (Å²) in [5, 5.41) is 14.6. The number of non-ortho nitro benzene ring substituents is 1. The third-order valence-corrected chi connectivity index (χ3v) is 4.74. The number of nitrogens with zero attached hydrogens (tertiary/aromatic N) is 2. The number of benzene rings is 3. The maximum Gasteiger partial charge on any atom is 0.271 e. The standard InChI is InChI=1S/C22H18BrN3O5/c1-30-21-12-16(4-11-20(21)31-14-15-2-7-18(23)8-3-15)13-24-25-22(27)17-5-9-19(10-6-17)26(28)29/h2-13H,14H2,1H3,(H,25,27)/b24-13+. The molecule has 0 spiro atoms. The fourth-order valence-corrected chi connectivity index (χ4v) is 2.85. The van der Waals surface area contributed by atoms with Crippen LogP contribution < -0.4 is 14.9 Å². The minimum absolute atomic E-state index is 0.0883. The first-order chi connectivity index (χ1) is 15.0. The number of hydrazone groups is 1. The van der Waals surface area contributed by atoms with E-state index in [0.29, 0.717) is 23.7 Å². The van der Waals surface area contributed by atoms with Crippen molar-refractivity contribution in [2.75, 3.05) is 7.11 Å². The van der Waals surface area contributed by atoms with Crippen LogP contribution in [0.25, 0.3) is 0 Å². The van der Waals surface area contributed by atoms with E-state index in [4.69, 9.17) is 9.47 Å². The second-order valence-corrected chi connectivity index (χ2v) is 7.24. The van der Waals surface area contributed by atoms with Gasteiger partial charge in [0.05, 0.1) is 18.2 Å². The van der Waals surface area contributed by atoms with Gasteiger partial charge in [-0.3, -0.25) is 14.9 Å². The Kier molecular flexibility index (Phi) is 7.34. The van der Waals surface area contributed by atoms with Gasteiger partial charge in [0.2, 0.25) is 0 Å². The van der Waals surface area contributed by atoms with Gasteiger partial charge in [-0.2, -0.15) is 5.10 Å². The van der Waals surface area contributed by atoms with Crippen molar-refractivity contribution in [2.45, 2.75) is 6.61 Å². The van der Waals surface area contributed by atoms with Gasteiger partial charge in [-0.25, -0.2) is 5.43 Å². The van der Waals surface area contributed by atoms with Crippen molar-refractivity contribution in [3.8, 4) is 11.5 Å². The van der Waals surface area contributed by atoms with Gasteiger partial charge in [0.1, 0.15) is 6.61 Å². The molecule has 0 unspecified atom stereocenters. The normalized spacial score (nSPS) is 10.6. The summed E-state index contributed by atoms with van der Waals surface area (Å²) in [7, 11) is 1.54.